The van der Waals surface area contributed by atoms with Crippen molar-refractivity contribution in [1.29, 1.82) is 0 Å². The second kappa shape index (κ2) is 12.1. The quantitative estimate of drug-likeness (QED) is 0.333. The zero-order chi connectivity index (χ0) is 20.6. The third-order valence-electron chi connectivity index (χ3n) is 5.60. The molecule has 2 fully saturated rings. The lowest BCUT2D eigenvalue weighted by molar-refractivity contribution is 0.0963. The summed E-state index contributed by atoms with van der Waals surface area (Å²) in [5, 5.41) is 3.31. The minimum atomic E-state index is -0.227. The van der Waals surface area contributed by atoms with Crippen LogP contribution in [0.3, 0.4) is 0 Å². The highest BCUT2D eigenvalue weighted by molar-refractivity contribution is 14.0. The predicted molar refractivity (Wildman–Crippen MR) is 130 cm³/mol. The number of carbonyl (C=O) groups excluding carboxylic acids is 1. The van der Waals surface area contributed by atoms with Crippen molar-refractivity contribution in [3.05, 3.63) is 24.3 Å². The molecule has 0 spiro atoms. The molecule has 1 amide bonds. The molecule has 1 unspecified atom stereocenters. The van der Waals surface area contributed by atoms with E-state index < -0.39 is 0 Å². The Balaban J connectivity index is 0.00000320. The summed E-state index contributed by atoms with van der Waals surface area (Å²) >= 11 is 0. The number of likely N-dealkylation sites (tertiary alicyclic amines) is 1. The molecule has 2 saturated heterocycles. The van der Waals surface area contributed by atoms with Crippen molar-refractivity contribution in [2.75, 3.05) is 51.3 Å². The van der Waals surface area contributed by atoms with Gasteiger partial charge in [0.2, 0.25) is 0 Å². The van der Waals surface area contributed by atoms with Gasteiger partial charge in [-0.3, -0.25) is 4.99 Å². The van der Waals surface area contributed by atoms with Crippen molar-refractivity contribution >= 4 is 41.7 Å². The third-order valence-corrected chi connectivity index (χ3v) is 5.60. The fourth-order valence-electron chi connectivity index (χ4n) is 3.93. The largest absolute Gasteiger partial charge is 0.497 e. The molecule has 0 aliphatic carbocycles. The number of halogens is 1. The van der Waals surface area contributed by atoms with Crippen molar-refractivity contribution in [2.45, 2.75) is 32.2 Å². The van der Waals surface area contributed by atoms with Gasteiger partial charge in [-0.05, 0) is 44.2 Å². The van der Waals surface area contributed by atoms with Gasteiger partial charge in [-0.1, -0.05) is 6.07 Å². The number of hydrogen-bond acceptors (Lipinski definition) is 5. The lowest BCUT2D eigenvalue weighted by Crippen LogP contribution is -2.48. The van der Waals surface area contributed by atoms with E-state index in [1.807, 2.05) is 19.1 Å². The van der Waals surface area contributed by atoms with E-state index in [1.165, 1.54) is 5.69 Å². The second-order valence-corrected chi connectivity index (χ2v) is 7.63. The smallest absolute Gasteiger partial charge is 0.409 e. The minimum Gasteiger partial charge on any atom is -0.497 e. The van der Waals surface area contributed by atoms with E-state index >= 15 is 0 Å². The molecule has 1 atom stereocenters. The van der Waals surface area contributed by atoms with Crippen LogP contribution in [0.1, 0.15) is 26.2 Å². The molecule has 0 bridgehead atoms. The van der Waals surface area contributed by atoms with Gasteiger partial charge in [0, 0.05) is 50.5 Å². The molecule has 2 aliphatic rings. The minimum absolute atomic E-state index is 0. The van der Waals surface area contributed by atoms with Gasteiger partial charge in [-0.2, -0.15) is 0 Å². The Morgan fingerprint density at radius 1 is 1.27 bits per heavy atom. The Morgan fingerprint density at radius 2 is 2.03 bits per heavy atom. The Morgan fingerprint density at radius 3 is 2.73 bits per heavy atom. The number of piperidine rings is 1. The summed E-state index contributed by atoms with van der Waals surface area (Å²) in [6, 6.07) is 8.43. The Kier molecular flexibility index (Phi) is 9.80. The average Bonchev–Trinajstić information content (AvgIpc) is 3.22. The normalized spacial score (nSPS) is 19.9. The summed E-state index contributed by atoms with van der Waals surface area (Å²) < 4.78 is 10.4. The van der Waals surface area contributed by atoms with E-state index in [-0.39, 0.29) is 36.1 Å². The van der Waals surface area contributed by atoms with E-state index in [0.717, 1.165) is 44.6 Å². The number of nitrogens with two attached hydrogens (primary N) is 1. The van der Waals surface area contributed by atoms with Gasteiger partial charge in [0.15, 0.2) is 5.96 Å². The summed E-state index contributed by atoms with van der Waals surface area (Å²) in [4.78, 5) is 20.5. The van der Waals surface area contributed by atoms with Crippen molar-refractivity contribution in [3.8, 4) is 5.75 Å². The maximum atomic E-state index is 11.8. The van der Waals surface area contributed by atoms with Crippen LogP contribution in [-0.4, -0.2) is 69.4 Å². The zero-order valence-electron chi connectivity index (χ0n) is 17.9. The first-order valence-electron chi connectivity index (χ1n) is 10.5. The summed E-state index contributed by atoms with van der Waals surface area (Å²) in [5.41, 5.74) is 7.30. The first-order chi connectivity index (χ1) is 14.1. The van der Waals surface area contributed by atoms with Crippen molar-refractivity contribution in [1.82, 2.24) is 10.2 Å². The van der Waals surface area contributed by atoms with Crippen molar-refractivity contribution in [2.24, 2.45) is 16.6 Å². The van der Waals surface area contributed by atoms with Gasteiger partial charge in [0.05, 0.1) is 13.7 Å². The predicted octanol–water partition coefficient (Wildman–Crippen LogP) is 2.66. The molecule has 30 heavy (non-hydrogen) atoms. The molecule has 1 aromatic rings. The number of nitrogens with one attached hydrogen (secondary N) is 1. The second-order valence-electron chi connectivity index (χ2n) is 7.63. The molecule has 8 nitrogen and oxygen atoms in total. The summed E-state index contributed by atoms with van der Waals surface area (Å²) in [7, 11) is 1.69. The number of carbonyl (C=O) groups is 1. The third kappa shape index (κ3) is 6.82. The van der Waals surface area contributed by atoms with E-state index in [0.29, 0.717) is 31.6 Å². The molecule has 1 aromatic carbocycles. The maximum absolute atomic E-state index is 11.8. The Hall–Kier alpha value is -1.91. The number of aliphatic imine (C=N–C) groups is 1. The number of amides is 1. The lowest BCUT2D eigenvalue weighted by atomic mass is 10.1. The number of nitrogens with zero attached hydrogens (tertiary/aromatic N) is 3. The number of ether oxygens (including phenoxy) is 2. The van der Waals surface area contributed by atoms with Gasteiger partial charge in [-0.15, -0.1) is 24.0 Å². The van der Waals surface area contributed by atoms with Gasteiger partial charge in [-0.25, -0.2) is 4.79 Å². The number of hydrogen-bond donors (Lipinski definition) is 2. The van der Waals surface area contributed by atoms with Crippen LogP contribution in [0.5, 0.6) is 5.75 Å². The van der Waals surface area contributed by atoms with Crippen LogP contribution in [0.25, 0.3) is 0 Å². The standard InChI is InChI=1S/C21H33N5O3.HI/c1-3-29-21(27)25-11-8-17(9-12-25)24-20(22)23-14-16-7-10-26(15-16)18-5-4-6-19(13-18)28-2;/h4-6,13,16-17H,3,7-12,14-15H2,1-2H3,(H3,22,23,24);1H. The van der Waals surface area contributed by atoms with Crippen molar-refractivity contribution < 1.29 is 14.3 Å². The van der Waals surface area contributed by atoms with E-state index in [2.05, 4.69) is 27.3 Å². The topological polar surface area (TPSA) is 92.4 Å². The van der Waals surface area contributed by atoms with Crippen LogP contribution in [0, 0.1) is 5.92 Å². The van der Waals surface area contributed by atoms with E-state index in [1.54, 1.807) is 12.0 Å². The monoisotopic (exact) mass is 531 g/mol. The molecular weight excluding hydrogens is 497 g/mol. The van der Waals surface area contributed by atoms with Crippen molar-refractivity contribution in [3.63, 3.8) is 0 Å². The first kappa shape index (κ1) is 24.4. The molecule has 0 saturated carbocycles. The fourth-order valence-corrected chi connectivity index (χ4v) is 3.93. The van der Waals surface area contributed by atoms with Crippen LogP contribution in [0.4, 0.5) is 10.5 Å². The highest BCUT2D eigenvalue weighted by Crippen LogP contribution is 2.27. The van der Waals surface area contributed by atoms with Gasteiger partial charge in [0.1, 0.15) is 5.75 Å². The lowest BCUT2D eigenvalue weighted by Gasteiger charge is -2.31. The molecule has 168 valence electrons. The molecule has 3 rings (SSSR count). The van der Waals surface area contributed by atoms with Gasteiger partial charge in [0.25, 0.3) is 0 Å². The molecule has 2 aliphatic heterocycles. The Bertz CT molecular complexity index is 710. The first-order valence-corrected chi connectivity index (χ1v) is 10.5. The number of methoxy groups -OCH3 is 1. The highest BCUT2D eigenvalue weighted by Gasteiger charge is 2.25. The molecular formula is C21H34IN5O3. The van der Waals surface area contributed by atoms with Gasteiger partial charge >= 0.3 is 6.09 Å². The number of benzene rings is 1. The summed E-state index contributed by atoms with van der Waals surface area (Å²) in [6.07, 6.45) is 2.57. The van der Waals surface area contributed by atoms with Crippen LogP contribution < -0.4 is 20.7 Å². The number of guanidine groups is 1. The van der Waals surface area contributed by atoms with E-state index in [4.69, 9.17) is 15.2 Å². The maximum Gasteiger partial charge on any atom is 0.409 e. The molecule has 0 radical (unpaired) electrons. The Labute approximate surface area is 196 Å². The zero-order valence-corrected chi connectivity index (χ0v) is 20.2. The van der Waals surface area contributed by atoms with Crippen LogP contribution in [-0.2, 0) is 4.74 Å². The molecule has 9 heteroatoms. The fraction of sp³-hybridized carbons (Fsp3) is 0.619. The van der Waals surface area contributed by atoms with Crippen LogP contribution >= 0.6 is 24.0 Å². The molecule has 0 aromatic heterocycles. The van der Waals surface area contributed by atoms with Crippen LogP contribution in [0.15, 0.2) is 29.3 Å². The SMILES string of the molecule is CCOC(=O)N1CCC(NC(N)=NCC2CCN(c3cccc(OC)c3)C2)CC1.I. The van der Waals surface area contributed by atoms with Crippen LogP contribution in [0.2, 0.25) is 0 Å². The van der Waals surface area contributed by atoms with E-state index in [9.17, 15) is 4.79 Å². The average molecular weight is 531 g/mol. The molecule has 3 N–H and O–H groups in total. The van der Waals surface area contributed by atoms with Gasteiger partial charge < -0.3 is 30.3 Å². The summed E-state index contributed by atoms with van der Waals surface area (Å²) in [5.74, 6) is 1.87. The highest BCUT2D eigenvalue weighted by atomic mass is 127. The summed E-state index contributed by atoms with van der Waals surface area (Å²) in [6.45, 7) is 6.32. The number of rotatable bonds is 6. The number of anilines is 1. The molecule has 2 heterocycles.